The van der Waals surface area contributed by atoms with Crippen molar-refractivity contribution < 1.29 is 4.79 Å². The zero-order valence-corrected chi connectivity index (χ0v) is 15.1. The van der Waals surface area contributed by atoms with E-state index in [2.05, 4.69) is 16.0 Å². The number of nitrogens with zero attached hydrogens (tertiary/aromatic N) is 3. The Morgan fingerprint density at radius 1 is 1.00 bits per heavy atom. The van der Waals surface area contributed by atoms with E-state index in [9.17, 15) is 4.79 Å². The van der Waals surface area contributed by atoms with Gasteiger partial charge < -0.3 is 0 Å². The van der Waals surface area contributed by atoms with Gasteiger partial charge in [-0.2, -0.15) is 0 Å². The molecule has 124 valence electrons. The number of amides is 1. The summed E-state index contributed by atoms with van der Waals surface area (Å²) in [5.74, 6) is -0.0903. The molecule has 4 rings (SSSR count). The van der Waals surface area contributed by atoms with Crippen molar-refractivity contribution in [3.63, 3.8) is 0 Å². The van der Waals surface area contributed by atoms with Gasteiger partial charge in [-0.05, 0) is 44.2 Å². The minimum absolute atomic E-state index is 0.0903. The highest BCUT2D eigenvalue weighted by atomic mass is 32.1. The Bertz CT molecular complexity index is 1080. The van der Waals surface area contributed by atoms with E-state index in [1.54, 1.807) is 11.9 Å². The topological polar surface area (TPSA) is 46.1 Å². The lowest BCUT2D eigenvalue weighted by molar-refractivity contribution is 0.0992. The lowest BCUT2D eigenvalue weighted by Gasteiger charge is -2.15. The monoisotopic (exact) mass is 347 g/mol. The number of carbonyl (C=O) groups is 1. The molecule has 2 aromatic carbocycles. The molecule has 0 aliphatic heterocycles. The first kappa shape index (κ1) is 15.7. The van der Waals surface area contributed by atoms with Gasteiger partial charge in [0.25, 0.3) is 5.91 Å². The van der Waals surface area contributed by atoms with Crippen LogP contribution < -0.4 is 4.90 Å². The number of hydrogen-bond acceptors (Lipinski definition) is 4. The van der Waals surface area contributed by atoms with E-state index in [1.807, 2.05) is 56.3 Å². The summed E-state index contributed by atoms with van der Waals surface area (Å²) in [7, 11) is 1.76. The fraction of sp³-hybridized carbons (Fsp3) is 0.150. The van der Waals surface area contributed by atoms with E-state index >= 15 is 0 Å². The number of pyridine rings is 1. The number of aryl methyl sites for hydroxylation is 2. The normalized spacial score (nSPS) is 11.2. The zero-order valence-electron chi connectivity index (χ0n) is 14.3. The maximum atomic E-state index is 13.0. The number of hydrogen-bond donors (Lipinski definition) is 0. The third-order valence-corrected chi connectivity index (χ3v) is 5.38. The molecule has 25 heavy (non-hydrogen) atoms. The Labute approximate surface area is 149 Å². The molecule has 2 aromatic heterocycles. The van der Waals surface area contributed by atoms with Crippen molar-refractivity contribution in [2.24, 2.45) is 0 Å². The Hall–Kier alpha value is -2.79. The lowest BCUT2D eigenvalue weighted by Crippen LogP contribution is -2.27. The van der Waals surface area contributed by atoms with E-state index in [4.69, 9.17) is 0 Å². The van der Waals surface area contributed by atoms with E-state index in [-0.39, 0.29) is 5.91 Å². The average Bonchev–Trinajstić information content (AvgIpc) is 3.04. The van der Waals surface area contributed by atoms with Crippen LogP contribution in [-0.4, -0.2) is 22.9 Å². The van der Waals surface area contributed by atoms with Crippen molar-refractivity contribution in [3.8, 4) is 0 Å². The molecule has 0 aliphatic rings. The molecule has 0 radical (unpaired) electrons. The van der Waals surface area contributed by atoms with Gasteiger partial charge in [-0.25, -0.2) is 4.98 Å². The van der Waals surface area contributed by atoms with Crippen LogP contribution in [0.2, 0.25) is 0 Å². The summed E-state index contributed by atoms with van der Waals surface area (Å²) in [5, 5.41) is 1.67. The third kappa shape index (κ3) is 2.76. The number of anilines is 1. The Kier molecular flexibility index (Phi) is 3.73. The Balaban J connectivity index is 1.76. The standard InChI is InChI=1S/C20H17N3OS/c1-12-8-9-16-14(10-12)11-15(13(2)21-16)19(24)23(3)20-22-17-6-4-5-7-18(17)25-20/h4-11H,1-3H3. The first-order chi connectivity index (χ1) is 12.0. The number of rotatable bonds is 2. The quantitative estimate of drug-likeness (QED) is 0.526. The van der Waals surface area contributed by atoms with Crippen LogP contribution in [0.3, 0.4) is 0 Å². The summed E-state index contributed by atoms with van der Waals surface area (Å²) in [6.45, 7) is 3.91. The molecule has 4 nitrogen and oxygen atoms in total. The van der Waals surface area contributed by atoms with Crippen LogP contribution in [-0.2, 0) is 0 Å². The summed E-state index contributed by atoms with van der Waals surface area (Å²) >= 11 is 1.51. The van der Waals surface area contributed by atoms with Crippen molar-refractivity contribution in [3.05, 3.63) is 65.4 Å². The molecule has 0 fully saturated rings. The Morgan fingerprint density at radius 3 is 2.60 bits per heavy atom. The number of benzene rings is 2. The average molecular weight is 347 g/mol. The third-order valence-electron chi connectivity index (χ3n) is 4.27. The van der Waals surface area contributed by atoms with Gasteiger partial charge in [0.05, 0.1) is 27.0 Å². The fourth-order valence-electron chi connectivity index (χ4n) is 2.88. The molecule has 0 bridgehead atoms. The molecule has 5 heteroatoms. The van der Waals surface area contributed by atoms with Gasteiger partial charge in [-0.1, -0.05) is 35.1 Å². The van der Waals surface area contributed by atoms with Gasteiger partial charge >= 0.3 is 0 Å². The highest BCUT2D eigenvalue weighted by Gasteiger charge is 2.20. The number of aromatic nitrogens is 2. The first-order valence-electron chi connectivity index (χ1n) is 8.04. The highest BCUT2D eigenvalue weighted by molar-refractivity contribution is 7.22. The molecule has 4 aromatic rings. The molecular weight excluding hydrogens is 330 g/mol. The summed E-state index contributed by atoms with van der Waals surface area (Å²) in [4.78, 5) is 23.8. The molecule has 0 saturated heterocycles. The highest BCUT2D eigenvalue weighted by Crippen LogP contribution is 2.29. The maximum absolute atomic E-state index is 13.0. The number of thiazole rings is 1. The summed E-state index contributed by atoms with van der Waals surface area (Å²) in [6.07, 6.45) is 0. The molecular formula is C20H17N3OS. The van der Waals surface area contributed by atoms with Crippen LogP contribution in [0.4, 0.5) is 5.13 Å². The number of carbonyl (C=O) groups excluding carboxylic acids is 1. The van der Waals surface area contributed by atoms with Crippen LogP contribution >= 0.6 is 11.3 Å². The molecule has 0 unspecified atom stereocenters. The molecule has 0 atom stereocenters. The summed E-state index contributed by atoms with van der Waals surface area (Å²) in [5.41, 5.74) is 4.30. The molecule has 0 N–H and O–H groups in total. The van der Waals surface area contributed by atoms with Crippen LogP contribution in [0, 0.1) is 13.8 Å². The zero-order chi connectivity index (χ0) is 17.6. The Morgan fingerprint density at radius 2 is 1.80 bits per heavy atom. The predicted octanol–water partition coefficient (Wildman–Crippen LogP) is 4.74. The molecule has 0 saturated carbocycles. The first-order valence-corrected chi connectivity index (χ1v) is 8.86. The van der Waals surface area contributed by atoms with Gasteiger partial charge in [-0.15, -0.1) is 0 Å². The van der Waals surface area contributed by atoms with Crippen molar-refractivity contribution in [2.45, 2.75) is 13.8 Å². The van der Waals surface area contributed by atoms with E-state index < -0.39 is 0 Å². The van der Waals surface area contributed by atoms with Gasteiger partial charge in [0.2, 0.25) is 0 Å². The molecule has 0 spiro atoms. The largest absolute Gasteiger partial charge is 0.287 e. The maximum Gasteiger partial charge on any atom is 0.261 e. The van der Waals surface area contributed by atoms with Gasteiger partial charge in [-0.3, -0.25) is 14.7 Å². The van der Waals surface area contributed by atoms with Gasteiger partial charge in [0.15, 0.2) is 5.13 Å². The van der Waals surface area contributed by atoms with Crippen LogP contribution in [0.25, 0.3) is 21.1 Å². The number of para-hydroxylation sites is 1. The minimum Gasteiger partial charge on any atom is -0.287 e. The molecule has 0 aliphatic carbocycles. The molecule has 1 amide bonds. The smallest absolute Gasteiger partial charge is 0.261 e. The van der Waals surface area contributed by atoms with Crippen molar-refractivity contribution in [1.82, 2.24) is 9.97 Å². The van der Waals surface area contributed by atoms with Gasteiger partial charge in [0.1, 0.15) is 0 Å². The predicted molar refractivity (Wildman–Crippen MR) is 104 cm³/mol. The summed E-state index contributed by atoms with van der Waals surface area (Å²) in [6, 6.07) is 15.9. The lowest BCUT2D eigenvalue weighted by atomic mass is 10.1. The fourth-order valence-corrected chi connectivity index (χ4v) is 3.81. The van der Waals surface area contributed by atoms with Crippen LogP contribution in [0.1, 0.15) is 21.6 Å². The molecule has 2 heterocycles. The van der Waals surface area contributed by atoms with E-state index in [1.165, 1.54) is 11.3 Å². The second-order valence-electron chi connectivity index (χ2n) is 6.15. The summed E-state index contributed by atoms with van der Waals surface area (Å²) < 4.78 is 1.07. The van der Waals surface area contributed by atoms with Crippen molar-refractivity contribution in [1.29, 1.82) is 0 Å². The van der Waals surface area contributed by atoms with E-state index in [0.29, 0.717) is 10.7 Å². The van der Waals surface area contributed by atoms with Gasteiger partial charge in [0, 0.05) is 12.4 Å². The second kappa shape index (κ2) is 5.93. The van der Waals surface area contributed by atoms with Crippen molar-refractivity contribution >= 4 is 43.5 Å². The second-order valence-corrected chi connectivity index (χ2v) is 7.15. The number of fused-ring (bicyclic) bond motifs is 2. The van der Waals surface area contributed by atoms with Crippen molar-refractivity contribution in [2.75, 3.05) is 11.9 Å². The minimum atomic E-state index is -0.0903. The van der Waals surface area contributed by atoms with Crippen LogP contribution in [0.5, 0.6) is 0 Å². The van der Waals surface area contributed by atoms with E-state index in [0.717, 1.165) is 32.4 Å². The SMILES string of the molecule is Cc1ccc2nc(C)c(C(=O)N(C)c3nc4ccccc4s3)cc2c1. The van der Waals surface area contributed by atoms with Crippen LogP contribution in [0.15, 0.2) is 48.5 Å².